The van der Waals surface area contributed by atoms with Crippen molar-refractivity contribution >= 4 is 0 Å². The van der Waals surface area contributed by atoms with Crippen molar-refractivity contribution in [2.45, 2.75) is 0 Å². The Labute approximate surface area is 45.4 Å². The molecule has 0 spiro atoms. The van der Waals surface area contributed by atoms with Gasteiger partial charge in [-0.25, -0.2) is 0 Å². The molecule has 0 aliphatic carbocycles. The van der Waals surface area contributed by atoms with E-state index in [4.69, 9.17) is 0 Å². The van der Waals surface area contributed by atoms with Gasteiger partial charge in [0.15, 0.2) is 0 Å². The molecule has 0 fully saturated rings. The summed E-state index contributed by atoms with van der Waals surface area (Å²) in [4.78, 5) is 0. The van der Waals surface area contributed by atoms with Gasteiger partial charge in [-0.3, -0.25) is 0 Å². The van der Waals surface area contributed by atoms with Gasteiger partial charge >= 0.3 is 0 Å². The predicted octanol–water partition coefficient (Wildman–Crippen LogP) is 0.522. The van der Waals surface area contributed by atoms with Crippen LogP contribution >= 0.6 is 0 Å². The van der Waals surface area contributed by atoms with Crippen LogP contribution in [0.2, 0.25) is 0 Å². The van der Waals surface area contributed by atoms with Crippen LogP contribution < -0.4 is 6.15 Å². The standard InChI is InChI=1S/C4H12N.H3N.H2O/c1-5(2,3)4;;/h1-4H3;1H3;1H2/q+1;;. The zero-order chi connectivity index (χ0) is 4.50. The Hall–Kier alpha value is -0.120. The van der Waals surface area contributed by atoms with Crippen LogP contribution in [-0.2, 0) is 0 Å². The van der Waals surface area contributed by atoms with Gasteiger partial charge in [0.05, 0.1) is 28.2 Å². The first kappa shape index (κ1) is 15.8. The Balaban J connectivity index is -0.0000000800. The molecule has 0 amide bonds. The van der Waals surface area contributed by atoms with E-state index in [0.29, 0.717) is 0 Å². The third-order valence-corrected chi connectivity index (χ3v) is 0. The molecule has 0 aliphatic heterocycles. The maximum Gasteiger partial charge on any atom is 0.0675 e. The second-order valence-corrected chi connectivity index (χ2v) is 2.68. The van der Waals surface area contributed by atoms with Gasteiger partial charge in [-0.1, -0.05) is 0 Å². The summed E-state index contributed by atoms with van der Waals surface area (Å²) >= 11 is 0. The summed E-state index contributed by atoms with van der Waals surface area (Å²) < 4.78 is 1.00. The van der Waals surface area contributed by atoms with E-state index in [1.54, 1.807) is 0 Å². The lowest BCUT2D eigenvalue weighted by atomic mass is 10.8. The first-order valence-corrected chi connectivity index (χ1v) is 1.79. The molecule has 0 aromatic rings. The van der Waals surface area contributed by atoms with Crippen molar-refractivity contribution in [3.05, 3.63) is 0 Å². The van der Waals surface area contributed by atoms with Gasteiger partial charge in [-0.05, 0) is 0 Å². The Morgan fingerprint density at radius 1 is 0.857 bits per heavy atom. The molecule has 0 heterocycles. The van der Waals surface area contributed by atoms with E-state index in [1.165, 1.54) is 0 Å². The van der Waals surface area contributed by atoms with Crippen molar-refractivity contribution in [1.29, 1.82) is 0 Å². The first-order valence-electron chi connectivity index (χ1n) is 1.79. The molecule has 3 heteroatoms. The van der Waals surface area contributed by atoms with Crippen molar-refractivity contribution in [2.75, 3.05) is 28.2 Å². The second-order valence-electron chi connectivity index (χ2n) is 2.68. The van der Waals surface area contributed by atoms with Crippen LogP contribution in [0.15, 0.2) is 0 Å². The highest BCUT2D eigenvalue weighted by molar-refractivity contribution is 3.87. The van der Waals surface area contributed by atoms with Crippen molar-refractivity contribution in [2.24, 2.45) is 0 Å². The molecule has 0 atom stereocenters. The highest BCUT2D eigenvalue weighted by Crippen LogP contribution is 1.73. The largest absolute Gasteiger partial charge is 0.870 e. The SMILES string of the molecule is C[N+](C)(C)C.[NH4+].[OH-]. The predicted molar refractivity (Wildman–Crippen MR) is 31.9 cm³/mol. The molecule has 0 aromatic carbocycles. The summed E-state index contributed by atoms with van der Waals surface area (Å²) in [6, 6.07) is 0. The summed E-state index contributed by atoms with van der Waals surface area (Å²) in [6.07, 6.45) is 0. The molecule has 0 rings (SSSR count). The van der Waals surface area contributed by atoms with E-state index in [-0.39, 0.29) is 11.6 Å². The van der Waals surface area contributed by atoms with Crippen molar-refractivity contribution in [1.82, 2.24) is 6.15 Å². The molecular formula is C4H17N2O+. The summed E-state index contributed by atoms with van der Waals surface area (Å²) in [7, 11) is 8.50. The Kier molecular flexibility index (Phi) is 9.14. The smallest absolute Gasteiger partial charge is 0.0675 e. The molecule has 7 heavy (non-hydrogen) atoms. The fourth-order valence-electron chi connectivity index (χ4n) is 0. The van der Waals surface area contributed by atoms with Crippen LogP contribution in [0.1, 0.15) is 0 Å². The van der Waals surface area contributed by atoms with E-state index < -0.39 is 0 Å². The van der Waals surface area contributed by atoms with Gasteiger partial charge < -0.3 is 16.1 Å². The van der Waals surface area contributed by atoms with E-state index in [2.05, 4.69) is 28.2 Å². The number of quaternary nitrogens is 2. The summed E-state index contributed by atoms with van der Waals surface area (Å²) in [5.41, 5.74) is 0. The van der Waals surface area contributed by atoms with E-state index >= 15 is 0 Å². The third kappa shape index (κ3) is 6150. The van der Waals surface area contributed by atoms with Crippen molar-refractivity contribution < 1.29 is 9.96 Å². The maximum atomic E-state index is 2.12. The van der Waals surface area contributed by atoms with Crippen LogP contribution in [0.3, 0.4) is 0 Å². The lowest BCUT2D eigenvalue weighted by molar-refractivity contribution is -0.849. The molecule has 0 aliphatic rings. The molecule has 0 saturated carbocycles. The van der Waals surface area contributed by atoms with Gasteiger partial charge in [-0.2, -0.15) is 0 Å². The van der Waals surface area contributed by atoms with Gasteiger partial charge in [0.2, 0.25) is 0 Å². The van der Waals surface area contributed by atoms with E-state index in [9.17, 15) is 0 Å². The normalized spacial score (nSPS) is 8.57. The average Bonchev–Trinajstić information content (AvgIpc) is 0.722. The Bertz CT molecular complexity index is 25.2. The topological polar surface area (TPSA) is 66.5 Å². The minimum atomic E-state index is 0. The fourth-order valence-corrected chi connectivity index (χ4v) is 0. The zero-order valence-corrected chi connectivity index (χ0v) is 5.89. The number of hydrogen-bond acceptors (Lipinski definition) is 1. The highest BCUT2D eigenvalue weighted by atomic mass is 16.0. The maximum absolute atomic E-state index is 2.12. The molecule has 3 nitrogen and oxygen atoms in total. The Morgan fingerprint density at radius 2 is 0.857 bits per heavy atom. The van der Waals surface area contributed by atoms with Crippen LogP contribution in [-0.4, -0.2) is 38.1 Å². The second kappa shape index (κ2) is 4.05. The van der Waals surface area contributed by atoms with Crippen LogP contribution in [0.5, 0.6) is 0 Å². The van der Waals surface area contributed by atoms with Gasteiger partial charge in [0, 0.05) is 0 Å². The quantitative estimate of drug-likeness (QED) is 0.453. The lowest BCUT2D eigenvalue weighted by Gasteiger charge is -2.14. The molecule has 0 aromatic heterocycles. The molecule has 0 saturated heterocycles. The van der Waals surface area contributed by atoms with Crippen molar-refractivity contribution in [3.8, 4) is 0 Å². The average molecular weight is 109 g/mol. The van der Waals surface area contributed by atoms with Crippen LogP contribution in [0.4, 0.5) is 0 Å². The number of nitrogens with zero attached hydrogens (tertiary/aromatic N) is 1. The molecule has 5 N–H and O–H groups in total. The molecule has 48 valence electrons. The molecule has 0 unspecified atom stereocenters. The minimum absolute atomic E-state index is 0. The van der Waals surface area contributed by atoms with E-state index in [1.807, 2.05) is 0 Å². The summed E-state index contributed by atoms with van der Waals surface area (Å²) in [6.45, 7) is 0. The van der Waals surface area contributed by atoms with Gasteiger partial charge in [0.1, 0.15) is 0 Å². The van der Waals surface area contributed by atoms with Crippen LogP contribution in [0.25, 0.3) is 0 Å². The lowest BCUT2D eigenvalue weighted by Crippen LogP contribution is -2.27. The third-order valence-electron chi connectivity index (χ3n) is 0. The van der Waals surface area contributed by atoms with Gasteiger partial charge in [0.25, 0.3) is 0 Å². The monoisotopic (exact) mass is 109 g/mol. The zero-order valence-electron chi connectivity index (χ0n) is 5.89. The summed E-state index contributed by atoms with van der Waals surface area (Å²) in [5, 5.41) is 0. The first-order chi connectivity index (χ1) is 2.00. The Morgan fingerprint density at radius 3 is 0.857 bits per heavy atom. The van der Waals surface area contributed by atoms with E-state index in [0.717, 1.165) is 4.48 Å². The van der Waals surface area contributed by atoms with Crippen LogP contribution in [0, 0.1) is 0 Å². The highest BCUT2D eigenvalue weighted by Gasteiger charge is 1.88. The minimum Gasteiger partial charge on any atom is -0.870 e. The summed E-state index contributed by atoms with van der Waals surface area (Å²) in [5.74, 6) is 0. The number of rotatable bonds is 0. The molecule has 0 bridgehead atoms. The van der Waals surface area contributed by atoms with Gasteiger partial charge in [-0.15, -0.1) is 0 Å². The molecular weight excluding hydrogens is 92.1 g/mol. The number of hydrogen-bond donors (Lipinski definition) is 1. The van der Waals surface area contributed by atoms with Crippen molar-refractivity contribution in [3.63, 3.8) is 0 Å². The molecule has 0 radical (unpaired) electrons. The fraction of sp³-hybridized carbons (Fsp3) is 1.00.